The van der Waals surface area contributed by atoms with Crippen molar-refractivity contribution in [3.8, 4) is 0 Å². The van der Waals surface area contributed by atoms with Crippen LogP contribution in [0.1, 0.15) is 17.3 Å². The molecule has 1 heterocycles. The van der Waals surface area contributed by atoms with E-state index >= 15 is 0 Å². The van der Waals surface area contributed by atoms with Crippen molar-refractivity contribution >= 4 is 17.5 Å². The first-order valence-electron chi connectivity index (χ1n) is 6.18. The Morgan fingerprint density at radius 1 is 1.33 bits per heavy atom. The minimum absolute atomic E-state index is 0.0512. The van der Waals surface area contributed by atoms with Gasteiger partial charge >= 0.3 is 0 Å². The average molecular weight is 268 g/mol. The first-order chi connectivity index (χ1) is 8.66. The van der Waals surface area contributed by atoms with Gasteiger partial charge in [0.1, 0.15) is 0 Å². The second kappa shape index (κ2) is 6.18. The van der Waals surface area contributed by atoms with Crippen molar-refractivity contribution in [1.82, 2.24) is 15.5 Å². The van der Waals surface area contributed by atoms with Gasteiger partial charge in [-0.2, -0.15) is 0 Å². The standard InChI is InChI=1S/C13H18ClN3O/c1-10(17-8-6-15-7-9-17)16-13(18)11-2-4-12(14)5-3-11/h2-5,10,15H,6-9H2,1H3,(H,16,18). The second-order valence-corrected chi connectivity index (χ2v) is 4.88. The number of nitrogens with one attached hydrogen (secondary N) is 2. The zero-order valence-corrected chi connectivity index (χ0v) is 11.2. The predicted molar refractivity (Wildman–Crippen MR) is 72.8 cm³/mol. The van der Waals surface area contributed by atoms with Gasteiger partial charge < -0.3 is 10.6 Å². The lowest BCUT2D eigenvalue weighted by atomic mass is 10.2. The zero-order chi connectivity index (χ0) is 13.0. The maximum atomic E-state index is 12.0. The molecule has 1 amide bonds. The number of halogens is 1. The van der Waals surface area contributed by atoms with Crippen LogP contribution in [0.5, 0.6) is 0 Å². The summed E-state index contributed by atoms with van der Waals surface area (Å²) in [7, 11) is 0. The highest BCUT2D eigenvalue weighted by atomic mass is 35.5. The van der Waals surface area contributed by atoms with Crippen LogP contribution in [0.15, 0.2) is 24.3 Å². The first-order valence-corrected chi connectivity index (χ1v) is 6.56. The number of amides is 1. The summed E-state index contributed by atoms with van der Waals surface area (Å²) < 4.78 is 0. The molecule has 1 atom stereocenters. The summed E-state index contributed by atoms with van der Waals surface area (Å²) in [5, 5.41) is 6.93. The van der Waals surface area contributed by atoms with Gasteiger partial charge in [0.25, 0.3) is 5.91 Å². The van der Waals surface area contributed by atoms with Crippen LogP contribution in [0.4, 0.5) is 0 Å². The normalized spacial score (nSPS) is 18.3. The molecule has 0 bridgehead atoms. The monoisotopic (exact) mass is 267 g/mol. The smallest absolute Gasteiger partial charge is 0.252 e. The van der Waals surface area contributed by atoms with E-state index in [0.29, 0.717) is 10.6 Å². The number of nitrogens with zero attached hydrogens (tertiary/aromatic N) is 1. The topological polar surface area (TPSA) is 44.4 Å². The molecular formula is C13H18ClN3O. The zero-order valence-electron chi connectivity index (χ0n) is 10.4. The third-order valence-corrected chi connectivity index (χ3v) is 3.40. The lowest BCUT2D eigenvalue weighted by Crippen LogP contribution is -2.53. The number of hydrogen-bond donors (Lipinski definition) is 2. The largest absolute Gasteiger partial charge is 0.337 e. The van der Waals surface area contributed by atoms with Gasteiger partial charge in [0.05, 0.1) is 6.17 Å². The third kappa shape index (κ3) is 3.45. The Balaban J connectivity index is 1.91. The highest BCUT2D eigenvalue weighted by molar-refractivity contribution is 6.30. The molecule has 1 saturated heterocycles. The SMILES string of the molecule is CC(NC(=O)c1ccc(Cl)cc1)N1CCNCC1. The molecule has 0 aliphatic carbocycles. The quantitative estimate of drug-likeness (QED) is 0.868. The van der Waals surface area contributed by atoms with Crippen LogP contribution >= 0.6 is 11.6 Å². The molecule has 0 spiro atoms. The Bertz CT molecular complexity index is 401. The number of carbonyl (C=O) groups is 1. The van der Waals surface area contributed by atoms with Crippen molar-refractivity contribution in [3.63, 3.8) is 0 Å². The van der Waals surface area contributed by atoms with E-state index in [1.165, 1.54) is 0 Å². The van der Waals surface area contributed by atoms with Gasteiger partial charge in [-0.3, -0.25) is 9.69 Å². The summed E-state index contributed by atoms with van der Waals surface area (Å²) in [5.74, 6) is -0.0577. The molecule has 5 heteroatoms. The number of hydrogen-bond acceptors (Lipinski definition) is 3. The average Bonchev–Trinajstić information content (AvgIpc) is 2.40. The predicted octanol–water partition coefficient (Wildman–Crippen LogP) is 1.32. The maximum absolute atomic E-state index is 12.0. The summed E-state index contributed by atoms with van der Waals surface area (Å²) in [6.07, 6.45) is 0.0512. The molecule has 0 radical (unpaired) electrons. The Morgan fingerprint density at radius 2 is 1.94 bits per heavy atom. The molecule has 0 aromatic heterocycles. The van der Waals surface area contributed by atoms with Crippen LogP contribution in [-0.4, -0.2) is 43.2 Å². The van der Waals surface area contributed by atoms with E-state index in [2.05, 4.69) is 15.5 Å². The van der Waals surface area contributed by atoms with Crippen LogP contribution < -0.4 is 10.6 Å². The lowest BCUT2D eigenvalue weighted by molar-refractivity contribution is 0.0849. The van der Waals surface area contributed by atoms with E-state index in [-0.39, 0.29) is 12.1 Å². The first kappa shape index (κ1) is 13.3. The molecule has 4 nitrogen and oxygen atoms in total. The molecule has 1 aliphatic heterocycles. The van der Waals surface area contributed by atoms with E-state index in [9.17, 15) is 4.79 Å². The fourth-order valence-electron chi connectivity index (χ4n) is 2.04. The second-order valence-electron chi connectivity index (χ2n) is 4.44. The van der Waals surface area contributed by atoms with Gasteiger partial charge in [0, 0.05) is 36.8 Å². The van der Waals surface area contributed by atoms with Crippen LogP contribution in [0, 0.1) is 0 Å². The Labute approximate surface area is 112 Å². The molecule has 1 fully saturated rings. The lowest BCUT2D eigenvalue weighted by Gasteiger charge is -2.33. The Morgan fingerprint density at radius 3 is 2.56 bits per heavy atom. The molecule has 2 N–H and O–H groups in total. The van der Waals surface area contributed by atoms with Crippen molar-refractivity contribution in [1.29, 1.82) is 0 Å². The highest BCUT2D eigenvalue weighted by Gasteiger charge is 2.18. The maximum Gasteiger partial charge on any atom is 0.252 e. The van der Waals surface area contributed by atoms with Gasteiger partial charge in [-0.15, -0.1) is 0 Å². The van der Waals surface area contributed by atoms with Crippen molar-refractivity contribution in [2.24, 2.45) is 0 Å². The van der Waals surface area contributed by atoms with Crippen LogP contribution in [-0.2, 0) is 0 Å². The van der Waals surface area contributed by atoms with E-state index in [4.69, 9.17) is 11.6 Å². The molecule has 98 valence electrons. The summed E-state index contributed by atoms with van der Waals surface area (Å²) in [6.45, 7) is 5.88. The molecular weight excluding hydrogens is 250 g/mol. The number of piperazine rings is 1. The van der Waals surface area contributed by atoms with Crippen molar-refractivity contribution in [3.05, 3.63) is 34.9 Å². The summed E-state index contributed by atoms with van der Waals surface area (Å²) in [6, 6.07) is 6.93. The minimum atomic E-state index is -0.0577. The fraction of sp³-hybridized carbons (Fsp3) is 0.462. The summed E-state index contributed by atoms with van der Waals surface area (Å²) >= 11 is 5.80. The third-order valence-electron chi connectivity index (χ3n) is 3.15. The Kier molecular flexibility index (Phi) is 4.58. The molecule has 1 unspecified atom stereocenters. The molecule has 1 aromatic carbocycles. The molecule has 18 heavy (non-hydrogen) atoms. The van der Waals surface area contributed by atoms with E-state index in [1.54, 1.807) is 24.3 Å². The fourth-order valence-corrected chi connectivity index (χ4v) is 2.16. The minimum Gasteiger partial charge on any atom is -0.337 e. The van der Waals surface area contributed by atoms with Crippen LogP contribution in [0.25, 0.3) is 0 Å². The van der Waals surface area contributed by atoms with E-state index in [0.717, 1.165) is 26.2 Å². The number of benzene rings is 1. The number of carbonyl (C=O) groups excluding carboxylic acids is 1. The van der Waals surface area contributed by atoms with Crippen molar-refractivity contribution < 1.29 is 4.79 Å². The van der Waals surface area contributed by atoms with Crippen molar-refractivity contribution in [2.45, 2.75) is 13.1 Å². The van der Waals surface area contributed by atoms with Gasteiger partial charge in [0.15, 0.2) is 0 Å². The van der Waals surface area contributed by atoms with Gasteiger partial charge in [-0.05, 0) is 31.2 Å². The van der Waals surface area contributed by atoms with Crippen LogP contribution in [0.3, 0.4) is 0 Å². The summed E-state index contributed by atoms with van der Waals surface area (Å²) in [4.78, 5) is 14.3. The van der Waals surface area contributed by atoms with Gasteiger partial charge in [0.2, 0.25) is 0 Å². The van der Waals surface area contributed by atoms with Crippen LogP contribution in [0.2, 0.25) is 5.02 Å². The molecule has 1 aliphatic rings. The highest BCUT2D eigenvalue weighted by Crippen LogP contribution is 2.10. The molecule has 2 rings (SSSR count). The molecule has 1 aromatic rings. The van der Waals surface area contributed by atoms with E-state index < -0.39 is 0 Å². The van der Waals surface area contributed by atoms with Crippen molar-refractivity contribution in [2.75, 3.05) is 26.2 Å². The van der Waals surface area contributed by atoms with Gasteiger partial charge in [-0.1, -0.05) is 11.6 Å². The van der Waals surface area contributed by atoms with Gasteiger partial charge in [-0.25, -0.2) is 0 Å². The Hall–Kier alpha value is -1.10. The number of rotatable bonds is 3. The van der Waals surface area contributed by atoms with E-state index in [1.807, 2.05) is 6.92 Å². The summed E-state index contributed by atoms with van der Waals surface area (Å²) in [5.41, 5.74) is 0.640. The molecule has 0 saturated carbocycles.